The van der Waals surface area contributed by atoms with Gasteiger partial charge in [-0.05, 0) is 25.8 Å². The van der Waals surface area contributed by atoms with E-state index in [1.54, 1.807) is 11.3 Å². The second-order valence-electron chi connectivity index (χ2n) is 5.33. The van der Waals surface area contributed by atoms with Crippen LogP contribution in [0.15, 0.2) is 34.9 Å². The van der Waals surface area contributed by atoms with Crippen LogP contribution in [0.5, 0.6) is 0 Å². The van der Waals surface area contributed by atoms with Gasteiger partial charge < -0.3 is 9.73 Å². The number of para-hydroxylation sites is 1. The lowest BCUT2D eigenvalue weighted by Crippen LogP contribution is -2.14. The van der Waals surface area contributed by atoms with Gasteiger partial charge in [-0.15, -0.1) is 11.3 Å². The number of fused-ring (bicyclic) bond motifs is 1. The molecule has 2 heterocycles. The maximum absolute atomic E-state index is 5.61. The highest BCUT2D eigenvalue weighted by atomic mass is 32.1. The average molecular weight is 284 g/mol. The molecule has 1 aliphatic carbocycles. The minimum atomic E-state index is 0.731. The van der Waals surface area contributed by atoms with E-state index >= 15 is 0 Å². The molecule has 4 heteroatoms. The van der Waals surface area contributed by atoms with Crippen molar-refractivity contribution in [1.29, 1.82) is 0 Å². The first kappa shape index (κ1) is 12.1. The number of thiazole rings is 1. The summed E-state index contributed by atoms with van der Waals surface area (Å²) in [5, 5.41) is 5.75. The third-order valence-corrected chi connectivity index (χ3v) is 4.92. The van der Waals surface area contributed by atoms with Crippen molar-refractivity contribution in [3.8, 4) is 10.6 Å². The Morgan fingerprint density at radius 1 is 1.35 bits per heavy atom. The van der Waals surface area contributed by atoms with Crippen LogP contribution in [0, 0.1) is 6.92 Å². The summed E-state index contributed by atoms with van der Waals surface area (Å²) in [6.07, 6.45) is 4.45. The highest BCUT2D eigenvalue weighted by Gasteiger charge is 2.21. The van der Waals surface area contributed by atoms with Gasteiger partial charge in [0.1, 0.15) is 16.9 Å². The number of aryl methyl sites for hydroxylation is 1. The molecule has 0 aliphatic heterocycles. The summed E-state index contributed by atoms with van der Waals surface area (Å²) in [5.74, 6) is 0. The molecule has 1 N–H and O–H groups in total. The van der Waals surface area contributed by atoms with Crippen LogP contribution in [0.25, 0.3) is 21.5 Å². The van der Waals surface area contributed by atoms with Crippen molar-refractivity contribution in [2.24, 2.45) is 0 Å². The van der Waals surface area contributed by atoms with E-state index in [1.165, 1.54) is 17.7 Å². The molecule has 0 unspecified atom stereocenters. The van der Waals surface area contributed by atoms with Crippen molar-refractivity contribution in [1.82, 2.24) is 10.3 Å². The Kier molecular flexibility index (Phi) is 2.86. The number of nitrogens with zero attached hydrogens (tertiary/aromatic N) is 1. The van der Waals surface area contributed by atoms with E-state index < -0.39 is 0 Å². The molecular formula is C16H16N2OS. The molecule has 0 saturated heterocycles. The Morgan fingerprint density at radius 3 is 3.05 bits per heavy atom. The second kappa shape index (κ2) is 4.72. The van der Waals surface area contributed by atoms with Gasteiger partial charge in [0.25, 0.3) is 0 Å². The van der Waals surface area contributed by atoms with Crippen molar-refractivity contribution >= 4 is 22.3 Å². The molecule has 2 aromatic heterocycles. The first-order valence-electron chi connectivity index (χ1n) is 6.97. The molecule has 0 amide bonds. The standard InChI is InChI=1S/C16H16N2OS/c1-10-15(8-17-11-6-7-11)20-16(18-10)13-9-19-14-5-3-2-4-12(13)14/h2-5,9,11,17H,6-8H2,1H3. The van der Waals surface area contributed by atoms with Crippen molar-refractivity contribution in [3.63, 3.8) is 0 Å². The fraction of sp³-hybridized carbons (Fsp3) is 0.312. The van der Waals surface area contributed by atoms with Crippen molar-refractivity contribution < 1.29 is 4.42 Å². The largest absolute Gasteiger partial charge is 0.464 e. The van der Waals surface area contributed by atoms with Gasteiger partial charge in [0.05, 0.1) is 11.3 Å². The number of rotatable bonds is 4. The average Bonchev–Trinajstić information content (AvgIpc) is 3.08. The summed E-state index contributed by atoms with van der Waals surface area (Å²) in [4.78, 5) is 6.05. The molecule has 1 aromatic carbocycles. The number of nitrogens with one attached hydrogen (secondary N) is 1. The van der Waals surface area contributed by atoms with E-state index in [2.05, 4.69) is 18.3 Å². The number of benzene rings is 1. The minimum absolute atomic E-state index is 0.731. The monoisotopic (exact) mass is 284 g/mol. The number of aromatic nitrogens is 1. The van der Waals surface area contributed by atoms with Crippen molar-refractivity contribution in [2.75, 3.05) is 0 Å². The summed E-state index contributed by atoms with van der Waals surface area (Å²) >= 11 is 1.77. The summed E-state index contributed by atoms with van der Waals surface area (Å²) in [6, 6.07) is 8.85. The number of furan rings is 1. The third kappa shape index (κ3) is 2.15. The Balaban J connectivity index is 1.69. The van der Waals surface area contributed by atoms with Gasteiger partial charge in [-0.1, -0.05) is 18.2 Å². The molecule has 0 bridgehead atoms. The van der Waals surface area contributed by atoms with Gasteiger partial charge >= 0.3 is 0 Å². The van der Waals surface area contributed by atoms with Crippen LogP contribution in [-0.4, -0.2) is 11.0 Å². The molecule has 4 rings (SSSR count). The van der Waals surface area contributed by atoms with E-state index in [1.807, 2.05) is 24.5 Å². The normalized spacial score (nSPS) is 15.1. The van der Waals surface area contributed by atoms with Gasteiger partial charge in [0.15, 0.2) is 0 Å². The van der Waals surface area contributed by atoms with Crippen molar-refractivity contribution in [2.45, 2.75) is 32.4 Å². The van der Waals surface area contributed by atoms with E-state index in [-0.39, 0.29) is 0 Å². The van der Waals surface area contributed by atoms with E-state index in [0.29, 0.717) is 0 Å². The topological polar surface area (TPSA) is 38.1 Å². The maximum atomic E-state index is 5.61. The fourth-order valence-corrected chi connectivity index (χ4v) is 3.41. The Morgan fingerprint density at radius 2 is 2.20 bits per heavy atom. The zero-order valence-corrected chi connectivity index (χ0v) is 12.2. The van der Waals surface area contributed by atoms with Crippen LogP contribution >= 0.6 is 11.3 Å². The predicted molar refractivity (Wildman–Crippen MR) is 81.9 cm³/mol. The summed E-state index contributed by atoms with van der Waals surface area (Å²) in [7, 11) is 0. The summed E-state index contributed by atoms with van der Waals surface area (Å²) in [6.45, 7) is 3.02. The lowest BCUT2D eigenvalue weighted by atomic mass is 10.2. The van der Waals surface area contributed by atoms with Crippen LogP contribution < -0.4 is 5.32 Å². The zero-order chi connectivity index (χ0) is 13.5. The molecule has 3 aromatic rings. The molecule has 102 valence electrons. The van der Waals surface area contributed by atoms with Crippen LogP contribution in [-0.2, 0) is 6.54 Å². The molecular weight excluding hydrogens is 268 g/mol. The Hall–Kier alpha value is -1.65. The van der Waals surface area contributed by atoms with Crippen LogP contribution in [0.2, 0.25) is 0 Å². The SMILES string of the molecule is Cc1nc(-c2coc3ccccc23)sc1CNC1CC1. The van der Waals surface area contributed by atoms with Crippen molar-refractivity contribution in [3.05, 3.63) is 41.1 Å². The molecule has 20 heavy (non-hydrogen) atoms. The highest BCUT2D eigenvalue weighted by molar-refractivity contribution is 7.15. The molecule has 0 spiro atoms. The third-order valence-electron chi connectivity index (χ3n) is 3.73. The fourth-order valence-electron chi connectivity index (χ4n) is 2.38. The van der Waals surface area contributed by atoms with E-state index in [9.17, 15) is 0 Å². The first-order chi connectivity index (χ1) is 9.81. The lowest BCUT2D eigenvalue weighted by molar-refractivity contribution is 0.617. The quantitative estimate of drug-likeness (QED) is 0.783. The molecule has 3 nitrogen and oxygen atoms in total. The number of hydrogen-bond donors (Lipinski definition) is 1. The lowest BCUT2D eigenvalue weighted by Gasteiger charge is -1.99. The molecule has 1 fully saturated rings. The zero-order valence-electron chi connectivity index (χ0n) is 11.3. The van der Waals surface area contributed by atoms with Gasteiger partial charge in [0, 0.05) is 22.8 Å². The minimum Gasteiger partial charge on any atom is -0.464 e. The van der Waals surface area contributed by atoms with Gasteiger partial charge in [-0.3, -0.25) is 0 Å². The smallest absolute Gasteiger partial charge is 0.134 e. The van der Waals surface area contributed by atoms with E-state index in [4.69, 9.17) is 9.40 Å². The molecule has 1 saturated carbocycles. The highest BCUT2D eigenvalue weighted by Crippen LogP contribution is 2.34. The maximum Gasteiger partial charge on any atom is 0.134 e. The summed E-state index contributed by atoms with van der Waals surface area (Å²) in [5.41, 5.74) is 3.16. The predicted octanol–water partition coefficient (Wildman–Crippen LogP) is 4.12. The van der Waals surface area contributed by atoms with E-state index in [0.717, 1.165) is 39.8 Å². The van der Waals surface area contributed by atoms with Crippen LogP contribution in [0.4, 0.5) is 0 Å². The Bertz CT molecular complexity index is 755. The van der Waals surface area contributed by atoms with Gasteiger partial charge in [-0.2, -0.15) is 0 Å². The second-order valence-corrected chi connectivity index (χ2v) is 6.41. The van der Waals surface area contributed by atoms with Gasteiger partial charge in [0.2, 0.25) is 0 Å². The first-order valence-corrected chi connectivity index (χ1v) is 7.79. The summed E-state index contributed by atoms with van der Waals surface area (Å²) < 4.78 is 5.61. The van der Waals surface area contributed by atoms with Gasteiger partial charge in [-0.25, -0.2) is 4.98 Å². The van der Waals surface area contributed by atoms with Crippen LogP contribution in [0.1, 0.15) is 23.4 Å². The molecule has 0 atom stereocenters. The molecule has 0 radical (unpaired) electrons. The Labute approximate surface area is 121 Å². The molecule has 1 aliphatic rings. The van der Waals surface area contributed by atoms with Crippen LogP contribution in [0.3, 0.4) is 0 Å². The number of hydrogen-bond acceptors (Lipinski definition) is 4.